The van der Waals surface area contributed by atoms with Gasteiger partial charge in [0.15, 0.2) is 5.81 Å². The van der Waals surface area contributed by atoms with Crippen LogP contribution in [-0.2, 0) is 32.7 Å². The first-order valence-corrected chi connectivity index (χ1v) is 3.06. The van der Waals surface area contributed by atoms with Gasteiger partial charge in [-0.15, -0.1) is 6.54 Å². The van der Waals surface area contributed by atoms with Crippen molar-refractivity contribution in [2.24, 2.45) is 0 Å². The minimum atomic E-state index is -0.299. The molecule has 1 rings (SSSR count). The first-order chi connectivity index (χ1) is 4.20. The number of carbonyl (C=O) groups is 1. The number of nitrogens with zero attached hydrogens (tertiary/aromatic N) is 1. The standard InChI is InChI=1S/C6H9BNO.Y/c1-5-2-3-8(4-5)6(7)9;/h2-4H2,1H3;/q-1;+3. The van der Waals surface area contributed by atoms with E-state index in [4.69, 9.17) is 7.85 Å². The van der Waals surface area contributed by atoms with E-state index in [1.54, 1.807) is 4.90 Å². The maximum absolute atomic E-state index is 10.5. The molecule has 0 bridgehead atoms. The van der Waals surface area contributed by atoms with E-state index in [-0.39, 0.29) is 38.5 Å². The van der Waals surface area contributed by atoms with Gasteiger partial charge in [-0.25, -0.2) is 0 Å². The Morgan fingerprint density at radius 2 is 2.30 bits per heavy atom. The molecular weight excluding hydrogens is 202 g/mol. The number of amides is 1. The van der Waals surface area contributed by atoms with Gasteiger partial charge < -0.3 is 4.90 Å². The number of hydrogen-bond acceptors (Lipinski definition) is 1. The number of likely N-dealkylation sites (tertiary alicyclic amines) is 1. The zero-order valence-electron chi connectivity index (χ0n) is 6.13. The van der Waals surface area contributed by atoms with E-state index < -0.39 is 0 Å². The van der Waals surface area contributed by atoms with E-state index in [1.807, 2.05) is 6.92 Å². The van der Waals surface area contributed by atoms with Crippen molar-refractivity contribution in [3.63, 3.8) is 0 Å². The van der Waals surface area contributed by atoms with Crippen molar-refractivity contribution in [1.82, 2.24) is 4.90 Å². The molecule has 4 heteroatoms. The molecule has 0 aromatic carbocycles. The third-order valence-electron chi connectivity index (χ3n) is 1.58. The topological polar surface area (TPSA) is 20.3 Å². The maximum Gasteiger partial charge on any atom is 3.00 e. The van der Waals surface area contributed by atoms with Crippen molar-refractivity contribution in [2.45, 2.75) is 13.3 Å². The molecule has 1 fully saturated rings. The van der Waals surface area contributed by atoms with E-state index in [0.717, 1.165) is 19.5 Å². The van der Waals surface area contributed by atoms with Gasteiger partial charge in [0, 0.05) is 0 Å². The fourth-order valence-electron chi connectivity index (χ4n) is 0.998. The van der Waals surface area contributed by atoms with Crippen LogP contribution in [0.4, 0.5) is 4.79 Å². The Kier molecular flexibility index (Phi) is 4.79. The van der Waals surface area contributed by atoms with E-state index in [1.165, 1.54) is 5.92 Å². The Morgan fingerprint density at radius 1 is 1.70 bits per heavy atom. The van der Waals surface area contributed by atoms with Gasteiger partial charge in [-0.1, -0.05) is 0 Å². The maximum atomic E-state index is 10.5. The van der Waals surface area contributed by atoms with Gasteiger partial charge in [0.25, 0.3) is 0 Å². The average molecular weight is 211 g/mol. The van der Waals surface area contributed by atoms with Crippen LogP contribution in [-0.4, -0.2) is 31.6 Å². The Labute approximate surface area is 88.0 Å². The smallest absolute Gasteiger partial charge is 0.385 e. The molecule has 0 N–H and O–H groups in total. The van der Waals surface area contributed by atoms with Gasteiger partial charge in [-0.05, 0) is 6.54 Å². The van der Waals surface area contributed by atoms with Crippen LogP contribution in [0.25, 0.3) is 0 Å². The van der Waals surface area contributed by atoms with Crippen molar-refractivity contribution in [3.8, 4) is 0 Å². The van der Waals surface area contributed by atoms with Gasteiger partial charge >= 0.3 is 32.7 Å². The summed E-state index contributed by atoms with van der Waals surface area (Å²) in [5, 5.41) is 0. The second-order valence-corrected chi connectivity index (χ2v) is 2.47. The molecule has 0 aliphatic carbocycles. The zero-order chi connectivity index (χ0) is 6.85. The van der Waals surface area contributed by atoms with E-state index in [2.05, 4.69) is 0 Å². The molecule has 1 aliphatic rings. The third kappa shape index (κ3) is 2.71. The van der Waals surface area contributed by atoms with Gasteiger partial charge in [0.1, 0.15) is 0 Å². The Morgan fingerprint density at radius 3 is 2.50 bits per heavy atom. The first-order valence-electron chi connectivity index (χ1n) is 3.06. The minimum Gasteiger partial charge on any atom is -0.385 e. The molecule has 2 nitrogen and oxygen atoms in total. The van der Waals surface area contributed by atoms with Crippen molar-refractivity contribution in [1.29, 1.82) is 0 Å². The van der Waals surface area contributed by atoms with E-state index in [9.17, 15) is 4.79 Å². The molecule has 10 heavy (non-hydrogen) atoms. The van der Waals surface area contributed by atoms with Crippen LogP contribution >= 0.6 is 0 Å². The number of hydrogen-bond donors (Lipinski definition) is 0. The van der Waals surface area contributed by atoms with Gasteiger partial charge in [0.05, 0.1) is 0 Å². The summed E-state index contributed by atoms with van der Waals surface area (Å²) in [7, 11) is 5.03. The fraction of sp³-hybridized carbons (Fsp3) is 0.667. The van der Waals surface area contributed by atoms with Crippen LogP contribution in [0.1, 0.15) is 13.3 Å². The Hall–Kier alpha value is 0.639. The van der Waals surface area contributed by atoms with Crippen molar-refractivity contribution in [3.05, 3.63) is 5.92 Å². The number of carbonyl (C=O) groups excluding carboxylic acids is 1. The monoisotopic (exact) mass is 211 g/mol. The summed E-state index contributed by atoms with van der Waals surface area (Å²) in [5.41, 5.74) is 0. The molecule has 1 aliphatic heterocycles. The predicted octanol–water partition coefficient (Wildman–Crippen LogP) is 0.572. The molecule has 0 aromatic rings. The van der Waals surface area contributed by atoms with E-state index >= 15 is 0 Å². The minimum absolute atomic E-state index is 0. The predicted molar refractivity (Wildman–Crippen MR) is 36.3 cm³/mol. The van der Waals surface area contributed by atoms with Crippen LogP contribution in [0.3, 0.4) is 0 Å². The second-order valence-electron chi connectivity index (χ2n) is 2.47. The van der Waals surface area contributed by atoms with Crippen LogP contribution in [0, 0.1) is 5.92 Å². The second kappa shape index (κ2) is 4.50. The molecule has 0 spiro atoms. The van der Waals surface area contributed by atoms with Gasteiger partial charge in [-0.3, -0.25) is 10.7 Å². The zero-order valence-corrected chi connectivity index (χ0v) is 8.97. The molecule has 1 saturated heterocycles. The largest absolute Gasteiger partial charge is 3.00 e. The fourth-order valence-corrected chi connectivity index (χ4v) is 0.998. The van der Waals surface area contributed by atoms with Crippen LogP contribution in [0.5, 0.6) is 0 Å². The van der Waals surface area contributed by atoms with Crippen LogP contribution in [0.2, 0.25) is 0 Å². The summed E-state index contributed by atoms with van der Waals surface area (Å²) >= 11 is 0. The summed E-state index contributed by atoms with van der Waals surface area (Å²) in [6.07, 6.45) is 1.02. The summed E-state index contributed by atoms with van der Waals surface area (Å²) in [4.78, 5) is 12.1. The summed E-state index contributed by atoms with van der Waals surface area (Å²) in [6.45, 7) is 3.61. The quantitative estimate of drug-likeness (QED) is 0.423. The van der Waals surface area contributed by atoms with Gasteiger partial charge in [0.2, 0.25) is 7.85 Å². The molecule has 48 valence electrons. The van der Waals surface area contributed by atoms with Crippen molar-refractivity contribution >= 4 is 13.7 Å². The summed E-state index contributed by atoms with van der Waals surface area (Å²) in [5.74, 6) is 1.04. The molecule has 2 radical (unpaired) electrons. The molecule has 0 atom stereocenters. The Balaban J connectivity index is 0.000000810. The van der Waals surface area contributed by atoms with E-state index in [0.29, 0.717) is 0 Å². The molecule has 1 heterocycles. The van der Waals surface area contributed by atoms with Crippen LogP contribution < -0.4 is 0 Å². The molecule has 1 amide bonds. The summed E-state index contributed by atoms with van der Waals surface area (Å²) in [6, 6.07) is 0. The van der Waals surface area contributed by atoms with Gasteiger partial charge in [-0.2, -0.15) is 13.3 Å². The average Bonchev–Trinajstić information content (AvgIpc) is 2.14. The normalized spacial score (nSPS) is 18.7. The molecule has 0 aromatic heterocycles. The molecule has 0 saturated carbocycles. The van der Waals surface area contributed by atoms with Crippen LogP contribution in [0.15, 0.2) is 0 Å². The molecule has 0 unspecified atom stereocenters. The van der Waals surface area contributed by atoms with Crippen molar-refractivity contribution < 1.29 is 37.5 Å². The SMILES string of the molecule is [B]C(=O)N1CC[C-](C)C1.[Y+3]. The Bertz CT molecular complexity index is 131. The third-order valence-corrected chi connectivity index (χ3v) is 1.58. The first kappa shape index (κ1) is 10.6. The summed E-state index contributed by atoms with van der Waals surface area (Å²) < 4.78 is 0. The number of rotatable bonds is 0. The van der Waals surface area contributed by atoms with Crippen molar-refractivity contribution in [2.75, 3.05) is 13.1 Å². The molecular formula is C6H9BNOY+2.